The third-order valence-corrected chi connectivity index (χ3v) is 20.9. The van der Waals surface area contributed by atoms with Gasteiger partial charge in [0.05, 0.1) is 26.4 Å². The molecule has 0 bridgehead atoms. The molecule has 0 saturated carbocycles. The Morgan fingerprint density at radius 1 is 0.293 bits per heavy atom. The molecule has 0 aromatic carbocycles. The van der Waals surface area contributed by atoms with E-state index in [0.29, 0.717) is 31.6 Å². The van der Waals surface area contributed by atoms with Gasteiger partial charge in [0.1, 0.15) is 19.3 Å². The highest BCUT2D eigenvalue weighted by Crippen LogP contribution is 2.45. The van der Waals surface area contributed by atoms with E-state index in [9.17, 15) is 43.2 Å². The number of hydrogen-bond donors (Lipinski definition) is 3. The minimum Gasteiger partial charge on any atom is -0.462 e. The van der Waals surface area contributed by atoms with Crippen molar-refractivity contribution in [2.45, 2.75) is 433 Å². The normalized spacial score (nSPS) is 14.3. The molecule has 588 valence electrons. The predicted molar refractivity (Wildman–Crippen MR) is 405 cm³/mol. The van der Waals surface area contributed by atoms with Gasteiger partial charge in [-0.2, -0.15) is 0 Å². The number of phosphoric acid groups is 2. The number of unbranched alkanes of at least 4 members (excludes halogenated alkanes) is 45. The number of rotatable bonds is 78. The van der Waals surface area contributed by atoms with E-state index in [1.807, 2.05) is 0 Å². The van der Waals surface area contributed by atoms with Gasteiger partial charge in [-0.25, -0.2) is 9.13 Å². The summed E-state index contributed by atoms with van der Waals surface area (Å²) in [5, 5.41) is 10.6. The second-order valence-corrected chi connectivity index (χ2v) is 32.9. The maximum absolute atomic E-state index is 13.1. The zero-order valence-electron chi connectivity index (χ0n) is 65.0. The van der Waals surface area contributed by atoms with Gasteiger partial charge in [-0.05, 0) is 43.4 Å². The van der Waals surface area contributed by atoms with Crippen LogP contribution in [0.5, 0.6) is 0 Å². The number of carbonyl (C=O) groups excluding carboxylic acids is 4. The molecule has 0 saturated heterocycles. The number of aliphatic hydroxyl groups is 1. The van der Waals surface area contributed by atoms with Gasteiger partial charge in [-0.1, -0.05) is 363 Å². The summed E-state index contributed by atoms with van der Waals surface area (Å²) in [7, 11) is -9.92. The Morgan fingerprint density at radius 2 is 0.515 bits per heavy atom. The van der Waals surface area contributed by atoms with Crippen LogP contribution in [0.4, 0.5) is 0 Å². The predicted octanol–water partition coefficient (Wildman–Crippen LogP) is 23.7. The lowest BCUT2D eigenvalue weighted by Gasteiger charge is -2.21. The third-order valence-electron chi connectivity index (χ3n) is 19.0. The highest BCUT2D eigenvalue weighted by Gasteiger charge is 2.30. The molecule has 0 fully saturated rings. The lowest BCUT2D eigenvalue weighted by Crippen LogP contribution is -2.30. The number of hydrogen-bond acceptors (Lipinski definition) is 15. The topological polar surface area (TPSA) is 237 Å². The van der Waals surface area contributed by atoms with Gasteiger partial charge in [-0.3, -0.25) is 37.3 Å². The molecule has 0 aliphatic heterocycles. The molecule has 3 N–H and O–H groups in total. The Labute approximate surface area is 607 Å². The molecule has 0 radical (unpaired) electrons. The molecule has 17 nitrogen and oxygen atoms in total. The van der Waals surface area contributed by atoms with Crippen LogP contribution in [0.15, 0.2) is 0 Å². The first-order valence-corrected chi connectivity index (χ1v) is 44.4. The average molecular weight is 1450 g/mol. The molecule has 0 heterocycles. The van der Waals surface area contributed by atoms with E-state index in [2.05, 4.69) is 48.5 Å². The molecule has 3 unspecified atom stereocenters. The SMILES string of the molecule is CCCCCCCCCCCCCCCCCCCCC(=O)OC[C@H](COP(=O)(O)OC[C@@H](O)COP(=O)(O)OC[C@@H](COC(=O)CCCCCCCCCC(C)C)OC(=O)CCCCCCCCCCC(C)CC)OC(=O)CCCCCCCCCCCCCCCCCCC(C)C. The fourth-order valence-electron chi connectivity index (χ4n) is 12.3. The standard InChI is InChI=1S/C80H156O17P2/c1-8-10-11-12-13-14-15-16-17-18-19-23-26-29-32-40-47-54-61-77(82)90-67-75(96-79(84)63-56-49-41-33-30-27-24-21-20-22-25-28-31-37-44-51-58-71(3)4)69-94-98(86,87)92-65-74(81)66-93-99(88,89)95-70-76(68-91-78(83)62-55-48-43-36-38-45-52-59-72(5)6)97-80(85)64-57-50-42-35-34-39-46-53-60-73(7)9-2/h71-76,81H,8-70H2,1-7H3,(H,86,87)(H,88,89)/t73?,74-,75-,76-/m1/s1. The highest BCUT2D eigenvalue weighted by atomic mass is 31.2. The number of carbonyl (C=O) groups is 4. The van der Waals surface area contributed by atoms with Crippen LogP contribution >= 0.6 is 15.6 Å². The van der Waals surface area contributed by atoms with Crippen molar-refractivity contribution in [3.63, 3.8) is 0 Å². The van der Waals surface area contributed by atoms with Crippen molar-refractivity contribution in [3.05, 3.63) is 0 Å². The van der Waals surface area contributed by atoms with Gasteiger partial charge in [0.25, 0.3) is 0 Å². The zero-order chi connectivity index (χ0) is 73.0. The van der Waals surface area contributed by atoms with Crippen molar-refractivity contribution in [2.24, 2.45) is 17.8 Å². The molecular weight excluding hydrogens is 1290 g/mol. The van der Waals surface area contributed by atoms with Crippen LogP contribution in [0.1, 0.15) is 414 Å². The molecular formula is C80H156O17P2. The second kappa shape index (κ2) is 70.4. The lowest BCUT2D eigenvalue weighted by molar-refractivity contribution is -0.161. The molecule has 99 heavy (non-hydrogen) atoms. The van der Waals surface area contributed by atoms with Crippen molar-refractivity contribution in [1.82, 2.24) is 0 Å². The summed E-state index contributed by atoms with van der Waals surface area (Å²) in [4.78, 5) is 73.0. The molecule has 0 aliphatic carbocycles. The summed E-state index contributed by atoms with van der Waals surface area (Å²) in [6, 6.07) is 0. The minimum absolute atomic E-state index is 0.104. The smallest absolute Gasteiger partial charge is 0.462 e. The van der Waals surface area contributed by atoms with E-state index >= 15 is 0 Å². The van der Waals surface area contributed by atoms with Crippen LogP contribution in [0, 0.1) is 17.8 Å². The lowest BCUT2D eigenvalue weighted by atomic mass is 9.99. The van der Waals surface area contributed by atoms with Gasteiger partial charge in [0.2, 0.25) is 0 Å². The molecule has 0 spiro atoms. The third kappa shape index (κ3) is 72.8. The van der Waals surface area contributed by atoms with Crippen LogP contribution in [0.25, 0.3) is 0 Å². The molecule has 0 rings (SSSR count). The van der Waals surface area contributed by atoms with Crippen molar-refractivity contribution in [3.8, 4) is 0 Å². The van der Waals surface area contributed by atoms with E-state index < -0.39 is 97.5 Å². The van der Waals surface area contributed by atoms with Gasteiger partial charge >= 0.3 is 39.5 Å². The van der Waals surface area contributed by atoms with Crippen molar-refractivity contribution >= 4 is 39.5 Å². The van der Waals surface area contributed by atoms with Gasteiger partial charge in [-0.15, -0.1) is 0 Å². The van der Waals surface area contributed by atoms with Crippen LogP contribution in [0.2, 0.25) is 0 Å². The molecule has 0 amide bonds. The highest BCUT2D eigenvalue weighted by molar-refractivity contribution is 7.47. The number of phosphoric ester groups is 2. The van der Waals surface area contributed by atoms with Crippen LogP contribution in [-0.2, 0) is 65.4 Å². The van der Waals surface area contributed by atoms with Gasteiger partial charge < -0.3 is 33.8 Å². The monoisotopic (exact) mass is 1450 g/mol. The molecule has 0 aromatic heterocycles. The minimum atomic E-state index is -4.96. The van der Waals surface area contributed by atoms with Crippen LogP contribution in [-0.4, -0.2) is 96.7 Å². The first kappa shape index (κ1) is 97.1. The maximum Gasteiger partial charge on any atom is 0.472 e. The van der Waals surface area contributed by atoms with Crippen molar-refractivity contribution in [1.29, 1.82) is 0 Å². The average Bonchev–Trinajstić information content (AvgIpc) is 1.12. The summed E-state index contributed by atoms with van der Waals surface area (Å²) in [6.07, 6.45) is 58.4. The van der Waals surface area contributed by atoms with Crippen molar-refractivity contribution in [2.75, 3.05) is 39.6 Å². The largest absolute Gasteiger partial charge is 0.472 e. The Bertz CT molecular complexity index is 1920. The van der Waals surface area contributed by atoms with E-state index in [4.69, 9.17) is 37.0 Å². The molecule has 0 aliphatic rings. The Balaban J connectivity index is 5.23. The van der Waals surface area contributed by atoms with Crippen LogP contribution in [0.3, 0.4) is 0 Å². The summed E-state index contributed by atoms with van der Waals surface area (Å²) in [5.41, 5.74) is 0. The van der Waals surface area contributed by atoms with Gasteiger partial charge in [0, 0.05) is 25.7 Å². The first-order chi connectivity index (χ1) is 47.8. The quantitative estimate of drug-likeness (QED) is 0.0222. The number of ether oxygens (including phenoxy) is 4. The Hall–Kier alpha value is -1.94. The maximum atomic E-state index is 13.1. The van der Waals surface area contributed by atoms with Gasteiger partial charge in [0.15, 0.2) is 12.2 Å². The van der Waals surface area contributed by atoms with E-state index in [1.165, 1.54) is 218 Å². The molecule has 0 aromatic rings. The van der Waals surface area contributed by atoms with E-state index in [0.717, 1.165) is 108 Å². The summed E-state index contributed by atoms with van der Waals surface area (Å²) >= 11 is 0. The zero-order valence-corrected chi connectivity index (χ0v) is 66.8. The fraction of sp³-hybridized carbons (Fsp3) is 0.950. The summed E-state index contributed by atoms with van der Waals surface area (Å²) in [5.74, 6) is 0.169. The second-order valence-electron chi connectivity index (χ2n) is 30.0. The number of aliphatic hydroxyl groups excluding tert-OH is 1. The van der Waals surface area contributed by atoms with E-state index in [-0.39, 0.29) is 25.7 Å². The van der Waals surface area contributed by atoms with Crippen LogP contribution < -0.4 is 0 Å². The molecule has 19 heteroatoms. The van der Waals surface area contributed by atoms with E-state index in [1.54, 1.807) is 0 Å². The summed E-state index contributed by atoms with van der Waals surface area (Å²) < 4.78 is 68.7. The first-order valence-electron chi connectivity index (χ1n) is 41.4. The van der Waals surface area contributed by atoms with Crippen molar-refractivity contribution < 1.29 is 80.2 Å². The fourth-order valence-corrected chi connectivity index (χ4v) is 13.9. The number of esters is 4. The summed E-state index contributed by atoms with van der Waals surface area (Å²) in [6.45, 7) is 11.9. The molecule has 6 atom stereocenters. The Morgan fingerprint density at radius 3 is 0.768 bits per heavy atom. The Kier molecular flexibility index (Phi) is 69.0.